The molecule has 0 radical (unpaired) electrons. The molecule has 5 heteroatoms. The third kappa shape index (κ3) is 4.30. The normalized spacial score (nSPS) is 10.5. The van der Waals surface area contributed by atoms with Crippen molar-refractivity contribution in [2.45, 2.75) is 27.2 Å². The van der Waals surface area contributed by atoms with Crippen molar-refractivity contribution in [3.8, 4) is 5.75 Å². The van der Waals surface area contributed by atoms with E-state index in [1.165, 1.54) is 5.56 Å². The van der Waals surface area contributed by atoms with Crippen molar-refractivity contribution in [2.75, 3.05) is 17.7 Å². The summed E-state index contributed by atoms with van der Waals surface area (Å²) in [6.07, 6.45) is 1.03. The summed E-state index contributed by atoms with van der Waals surface area (Å²) >= 11 is 0. The second-order valence-electron chi connectivity index (χ2n) is 6.19. The van der Waals surface area contributed by atoms with Gasteiger partial charge in [-0.25, -0.2) is 9.97 Å². The minimum absolute atomic E-state index is 0.689. The van der Waals surface area contributed by atoms with Crippen LogP contribution in [0, 0.1) is 13.8 Å². The molecule has 5 nitrogen and oxygen atoms in total. The number of rotatable bonds is 6. The van der Waals surface area contributed by atoms with Crippen LogP contribution in [0.5, 0.6) is 5.75 Å². The summed E-state index contributed by atoms with van der Waals surface area (Å²) in [5.41, 5.74) is 4.33. The minimum Gasteiger partial charge on any atom is -0.495 e. The van der Waals surface area contributed by atoms with E-state index in [0.717, 1.165) is 34.9 Å². The zero-order valence-corrected chi connectivity index (χ0v) is 15.6. The second kappa shape index (κ2) is 7.87. The molecule has 0 unspecified atom stereocenters. The van der Waals surface area contributed by atoms with Crippen molar-refractivity contribution >= 4 is 23.0 Å². The highest BCUT2D eigenvalue weighted by Gasteiger charge is 2.07. The lowest BCUT2D eigenvalue weighted by Gasteiger charge is -2.13. The van der Waals surface area contributed by atoms with E-state index in [2.05, 4.69) is 51.8 Å². The first kappa shape index (κ1) is 17.7. The fourth-order valence-electron chi connectivity index (χ4n) is 2.72. The maximum absolute atomic E-state index is 5.43. The molecule has 0 aliphatic heterocycles. The number of hydrogen-bond acceptors (Lipinski definition) is 5. The van der Waals surface area contributed by atoms with Crippen LogP contribution >= 0.6 is 0 Å². The number of methoxy groups -OCH3 is 1. The Morgan fingerprint density at radius 3 is 2.23 bits per heavy atom. The predicted molar refractivity (Wildman–Crippen MR) is 107 cm³/mol. The van der Waals surface area contributed by atoms with E-state index >= 15 is 0 Å². The van der Waals surface area contributed by atoms with E-state index in [0.29, 0.717) is 11.6 Å². The Morgan fingerprint density at radius 2 is 1.58 bits per heavy atom. The van der Waals surface area contributed by atoms with Crippen LogP contribution in [-0.2, 0) is 6.42 Å². The molecule has 3 aromatic rings. The van der Waals surface area contributed by atoms with E-state index in [-0.39, 0.29) is 0 Å². The summed E-state index contributed by atoms with van der Waals surface area (Å²) in [6.45, 7) is 6.07. The first-order valence-corrected chi connectivity index (χ1v) is 8.70. The van der Waals surface area contributed by atoms with Gasteiger partial charge in [0.1, 0.15) is 23.2 Å². The largest absolute Gasteiger partial charge is 0.495 e. The molecular formula is C21H24N4O. The molecule has 0 saturated carbocycles. The summed E-state index contributed by atoms with van der Waals surface area (Å²) in [4.78, 5) is 8.97. The first-order chi connectivity index (χ1) is 12.6. The van der Waals surface area contributed by atoms with Crippen molar-refractivity contribution in [1.29, 1.82) is 0 Å². The Kier molecular flexibility index (Phi) is 5.37. The average Bonchev–Trinajstić information content (AvgIpc) is 2.62. The molecule has 0 aliphatic rings. The molecule has 0 spiro atoms. The van der Waals surface area contributed by atoms with Gasteiger partial charge in [0.15, 0.2) is 0 Å². The van der Waals surface area contributed by atoms with Gasteiger partial charge in [-0.05, 0) is 55.7 Å². The Balaban J connectivity index is 1.84. The molecule has 1 heterocycles. The molecule has 2 aromatic carbocycles. The van der Waals surface area contributed by atoms with Crippen LogP contribution in [0.2, 0.25) is 0 Å². The number of hydrogen-bond donors (Lipinski definition) is 2. The molecule has 0 atom stereocenters. The maximum Gasteiger partial charge on any atom is 0.142 e. The van der Waals surface area contributed by atoms with Crippen LogP contribution in [-0.4, -0.2) is 17.1 Å². The summed E-state index contributed by atoms with van der Waals surface area (Å²) < 4.78 is 5.43. The molecule has 2 N–H and O–H groups in total. The zero-order valence-electron chi connectivity index (χ0n) is 15.6. The number of aromatic nitrogens is 2. The van der Waals surface area contributed by atoms with Crippen LogP contribution in [0.1, 0.15) is 23.9 Å². The molecule has 0 aliphatic carbocycles. The standard InChI is InChI=1S/C21H24N4O/c1-5-16-7-9-17(10-8-16)24-20-13-21(23-15(3)22-20)25-18-12-14(2)6-11-19(18)26-4/h6-13H,5H2,1-4H3,(H2,22,23,24,25). The van der Waals surface area contributed by atoms with Gasteiger partial charge in [0.25, 0.3) is 0 Å². The fraction of sp³-hybridized carbons (Fsp3) is 0.238. The van der Waals surface area contributed by atoms with Gasteiger partial charge in [-0.2, -0.15) is 0 Å². The molecule has 0 fully saturated rings. The fourth-order valence-corrected chi connectivity index (χ4v) is 2.72. The number of aryl methyl sites for hydroxylation is 3. The second-order valence-corrected chi connectivity index (χ2v) is 6.19. The van der Waals surface area contributed by atoms with Crippen LogP contribution in [0.3, 0.4) is 0 Å². The highest BCUT2D eigenvalue weighted by molar-refractivity contribution is 5.68. The van der Waals surface area contributed by atoms with Crippen molar-refractivity contribution in [1.82, 2.24) is 9.97 Å². The molecule has 0 saturated heterocycles. The lowest BCUT2D eigenvalue weighted by molar-refractivity contribution is 0.416. The Morgan fingerprint density at radius 1 is 0.885 bits per heavy atom. The Labute approximate surface area is 154 Å². The topological polar surface area (TPSA) is 59.1 Å². The van der Waals surface area contributed by atoms with Gasteiger partial charge in [0, 0.05) is 11.8 Å². The molecule has 1 aromatic heterocycles. The van der Waals surface area contributed by atoms with Crippen molar-refractivity contribution in [2.24, 2.45) is 0 Å². The summed E-state index contributed by atoms with van der Waals surface area (Å²) in [6, 6.07) is 16.2. The van der Waals surface area contributed by atoms with Gasteiger partial charge >= 0.3 is 0 Å². The summed E-state index contributed by atoms with van der Waals surface area (Å²) in [5, 5.41) is 6.67. The van der Waals surface area contributed by atoms with E-state index in [4.69, 9.17) is 4.74 Å². The van der Waals surface area contributed by atoms with Gasteiger partial charge in [-0.15, -0.1) is 0 Å². The van der Waals surface area contributed by atoms with Crippen LogP contribution in [0.15, 0.2) is 48.5 Å². The minimum atomic E-state index is 0.689. The lowest BCUT2D eigenvalue weighted by Crippen LogP contribution is -2.02. The Bertz CT molecular complexity index is 891. The molecule has 134 valence electrons. The predicted octanol–water partition coefficient (Wildman–Crippen LogP) is 5.15. The third-order valence-electron chi connectivity index (χ3n) is 4.09. The van der Waals surface area contributed by atoms with E-state index in [1.807, 2.05) is 38.1 Å². The van der Waals surface area contributed by atoms with Crippen molar-refractivity contribution < 1.29 is 4.74 Å². The monoisotopic (exact) mass is 348 g/mol. The Hall–Kier alpha value is -3.08. The first-order valence-electron chi connectivity index (χ1n) is 8.70. The summed E-state index contributed by atoms with van der Waals surface area (Å²) in [5.74, 6) is 2.93. The number of nitrogens with one attached hydrogen (secondary N) is 2. The van der Waals surface area contributed by atoms with Gasteiger partial charge in [0.05, 0.1) is 12.8 Å². The highest BCUT2D eigenvalue weighted by Crippen LogP contribution is 2.29. The van der Waals surface area contributed by atoms with E-state index in [9.17, 15) is 0 Å². The van der Waals surface area contributed by atoms with Crippen molar-refractivity contribution in [3.63, 3.8) is 0 Å². The number of benzene rings is 2. The zero-order chi connectivity index (χ0) is 18.5. The number of anilines is 4. The quantitative estimate of drug-likeness (QED) is 0.645. The SMILES string of the molecule is CCc1ccc(Nc2cc(Nc3cc(C)ccc3OC)nc(C)n2)cc1. The van der Waals surface area contributed by atoms with Crippen LogP contribution in [0.25, 0.3) is 0 Å². The van der Waals surface area contributed by atoms with Gasteiger partial charge in [-0.1, -0.05) is 25.1 Å². The molecule has 3 rings (SSSR count). The molecular weight excluding hydrogens is 324 g/mol. The van der Waals surface area contributed by atoms with Crippen LogP contribution < -0.4 is 15.4 Å². The van der Waals surface area contributed by atoms with Crippen molar-refractivity contribution in [3.05, 3.63) is 65.5 Å². The van der Waals surface area contributed by atoms with Gasteiger partial charge in [0.2, 0.25) is 0 Å². The highest BCUT2D eigenvalue weighted by atomic mass is 16.5. The average molecular weight is 348 g/mol. The molecule has 0 bridgehead atoms. The molecule has 0 amide bonds. The number of ether oxygens (including phenoxy) is 1. The van der Waals surface area contributed by atoms with E-state index < -0.39 is 0 Å². The number of nitrogens with zero attached hydrogens (tertiary/aromatic N) is 2. The maximum atomic E-state index is 5.43. The van der Waals surface area contributed by atoms with Gasteiger partial charge in [-0.3, -0.25) is 0 Å². The summed E-state index contributed by atoms with van der Waals surface area (Å²) in [7, 11) is 1.66. The van der Waals surface area contributed by atoms with Crippen LogP contribution in [0.4, 0.5) is 23.0 Å². The van der Waals surface area contributed by atoms with E-state index in [1.54, 1.807) is 7.11 Å². The lowest BCUT2D eigenvalue weighted by atomic mass is 10.1. The third-order valence-corrected chi connectivity index (χ3v) is 4.09. The smallest absolute Gasteiger partial charge is 0.142 e. The van der Waals surface area contributed by atoms with Gasteiger partial charge < -0.3 is 15.4 Å². The molecule has 26 heavy (non-hydrogen) atoms.